The summed E-state index contributed by atoms with van der Waals surface area (Å²) in [7, 11) is 0. The number of nitrogens with one attached hydrogen (secondary N) is 1. The Kier molecular flexibility index (Phi) is 4.86. The minimum Gasteiger partial charge on any atom is -0.444 e. The van der Waals surface area contributed by atoms with Crippen LogP contribution in [-0.4, -0.2) is 46.0 Å². The number of hydrazone groups is 1. The van der Waals surface area contributed by atoms with E-state index in [4.69, 9.17) is 4.74 Å². The van der Waals surface area contributed by atoms with E-state index in [1.807, 2.05) is 52.0 Å². The molecule has 2 aliphatic rings. The Bertz CT molecular complexity index is 754. The number of nitrogens with zero attached hydrogens (tertiary/aromatic N) is 2. The number of rotatable bonds is 2. The summed E-state index contributed by atoms with van der Waals surface area (Å²) in [4.78, 5) is 27.0. The second-order valence-corrected chi connectivity index (χ2v) is 8.86. The van der Waals surface area contributed by atoms with Crippen molar-refractivity contribution in [3.05, 3.63) is 34.3 Å². The predicted octanol–water partition coefficient (Wildman–Crippen LogP) is 3.19. The van der Waals surface area contributed by atoms with Crippen molar-refractivity contribution < 1.29 is 19.0 Å². The minimum atomic E-state index is -0.844. The van der Waals surface area contributed by atoms with Crippen molar-refractivity contribution in [2.24, 2.45) is 0 Å². The van der Waals surface area contributed by atoms with Crippen molar-refractivity contribution in [1.29, 1.82) is 0 Å². The van der Waals surface area contributed by atoms with Crippen molar-refractivity contribution in [2.75, 3.05) is 6.54 Å². The number of hydrogen-bond donors (Lipinski definition) is 1. The predicted molar refractivity (Wildman–Crippen MR) is 102 cm³/mol. The van der Waals surface area contributed by atoms with Crippen molar-refractivity contribution in [3.8, 4) is 0 Å². The van der Waals surface area contributed by atoms with Crippen LogP contribution >= 0.6 is 15.9 Å². The molecule has 2 heterocycles. The topological polar surface area (TPSA) is 61.6 Å². The molecule has 1 N–H and O–H groups in total. The number of carbonyl (C=O) groups is 2. The van der Waals surface area contributed by atoms with Gasteiger partial charge in [-0.3, -0.25) is 4.79 Å². The summed E-state index contributed by atoms with van der Waals surface area (Å²) in [6.45, 7) is 8.04. The van der Waals surface area contributed by atoms with Crippen molar-refractivity contribution in [2.45, 2.75) is 57.8 Å². The number of hydrogen-bond acceptors (Lipinski definition) is 4. The number of carbonyl (C=O) groups excluding carboxylic acids is 2. The number of hydrazine groups is 1. The van der Waals surface area contributed by atoms with E-state index < -0.39 is 11.1 Å². The standard InChI is InChI=1S/C19H24BrN3O3/c1-18(2,3)26-17(25)22-11-5-6-16(22)23-12-15(24)19(4,21-23)13-7-9-14(20)10-8-13/h7-10,12,16H,5-6,11H2,1-4H3/p+1/t16-,19?/m1/s1. The molecule has 26 heavy (non-hydrogen) atoms. The van der Waals surface area contributed by atoms with Crippen LogP contribution in [-0.2, 0) is 15.1 Å². The highest BCUT2D eigenvalue weighted by Gasteiger charge is 2.50. The van der Waals surface area contributed by atoms with Gasteiger partial charge >= 0.3 is 6.09 Å². The van der Waals surface area contributed by atoms with E-state index in [-0.39, 0.29) is 18.0 Å². The van der Waals surface area contributed by atoms with Gasteiger partial charge in [0.25, 0.3) is 11.9 Å². The van der Waals surface area contributed by atoms with E-state index in [0.29, 0.717) is 6.54 Å². The Hall–Kier alpha value is -1.89. The Labute approximate surface area is 162 Å². The smallest absolute Gasteiger partial charge is 0.415 e. The largest absolute Gasteiger partial charge is 0.444 e. The number of ether oxygens (including phenoxy) is 1. The Morgan fingerprint density at radius 2 is 2.00 bits per heavy atom. The van der Waals surface area contributed by atoms with E-state index in [2.05, 4.69) is 21.4 Å². The molecule has 0 radical (unpaired) electrons. The van der Waals surface area contributed by atoms with Crippen LogP contribution < -0.4 is 5.43 Å². The van der Waals surface area contributed by atoms with Gasteiger partial charge in [0.15, 0.2) is 5.54 Å². The molecule has 6 nitrogen and oxygen atoms in total. The highest BCUT2D eigenvalue weighted by atomic mass is 79.9. The first kappa shape index (κ1) is 18.9. The number of Topliss-reactive ketones (excluding diaryl/α,β-unsaturated/α-hetero) is 1. The molecule has 0 spiro atoms. The maximum absolute atomic E-state index is 12.7. The molecular formula is C19H25BrN3O3+. The van der Waals surface area contributed by atoms with Gasteiger partial charge in [-0.25, -0.2) is 9.69 Å². The molecule has 2 aliphatic heterocycles. The maximum Gasteiger partial charge on any atom is 0.415 e. The van der Waals surface area contributed by atoms with Crippen LogP contribution in [0.1, 0.15) is 46.1 Å². The first-order valence-corrected chi connectivity index (χ1v) is 9.60. The summed E-state index contributed by atoms with van der Waals surface area (Å²) in [5.74, 6) is -0.0316. The molecule has 1 aromatic carbocycles. The molecule has 1 unspecified atom stereocenters. The third kappa shape index (κ3) is 3.63. The van der Waals surface area contributed by atoms with Gasteiger partial charge < -0.3 is 4.74 Å². The monoisotopic (exact) mass is 422 g/mol. The quantitative estimate of drug-likeness (QED) is 0.743. The van der Waals surface area contributed by atoms with Gasteiger partial charge in [0.05, 0.1) is 0 Å². The van der Waals surface area contributed by atoms with Gasteiger partial charge in [0.1, 0.15) is 5.60 Å². The van der Waals surface area contributed by atoms with Crippen molar-refractivity contribution in [1.82, 2.24) is 10.3 Å². The zero-order valence-corrected chi connectivity index (χ0v) is 17.2. The fourth-order valence-electron chi connectivity index (χ4n) is 3.32. The van der Waals surface area contributed by atoms with Gasteiger partial charge in [-0.15, -0.1) is 0 Å². The van der Waals surface area contributed by atoms with Crippen LogP contribution in [0.3, 0.4) is 0 Å². The lowest BCUT2D eigenvalue weighted by atomic mass is 9.90. The highest BCUT2D eigenvalue weighted by Crippen LogP contribution is 2.29. The lowest BCUT2D eigenvalue weighted by Crippen LogP contribution is -2.51. The molecule has 1 saturated heterocycles. The number of benzene rings is 1. The zero-order valence-electron chi connectivity index (χ0n) is 15.6. The van der Waals surface area contributed by atoms with E-state index in [1.165, 1.54) is 0 Å². The molecule has 0 bridgehead atoms. The third-order valence-electron chi connectivity index (χ3n) is 4.69. The first-order chi connectivity index (χ1) is 12.1. The molecule has 1 fully saturated rings. The molecule has 140 valence electrons. The summed E-state index contributed by atoms with van der Waals surface area (Å²) in [5, 5.41) is 0. The second kappa shape index (κ2) is 6.68. The molecule has 7 heteroatoms. The van der Waals surface area contributed by atoms with Crippen LogP contribution in [0.15, 0.2) is 28.7 Å². The van der Waals surface area contributed by atoms with Crippen LogP contribution in [0.25, 0.3) is 0 Å². The Morgan fingerprint density at radius 3 is 2.62 bits per heavy atom. The molecular weight excluding hydrogens is 398 g/mol. The van der Waals surface area contributed by atoms with Crippen LogP contribution in [0.4, 0.5) is 4.79 Å². The minimum absolute atomic E-state index is 0.0316. The Balaban J connectivity index is 1.80. The molecule has 2 atom stereocenters. The number of amides is 1. The van der Waals surface area contributed by atoms with Gasteiger partial charge in [-0.05, 0) is 51.8 Å². The molecule has 0 aromatic heterocycles. The summed E-state index contributed by atoms with van der Waals surface area (Å²) in [6.07, 6.45) is 2.65. The summed E-state index contributed by atoms with van der Waals surface area (Å²) in [5.41, 5.74) is 2.79. The second-order valence-electron chi connectivity index (χ2n) is 7.94. The van der Waals surface area contributed by atoms with Gasteiger partial charge in [0.2, 0.25) is 6.21 Å². The molecule has 1 aromatic rings. The molecule has 0 saturated carbocycles. The van der Waals surface area contributed by atoms with Crippen molar-refractivity contribution in [3.63, 3.8) is 0 Å². The normalized spacial score (nSPS) is 25.9. The van der Waals surface area contributed by atoms with Gasteiger partial charge in [-0.2, -0.15) is 5.43 Å². The lowest BCUT2D eigenvalue weighted by molar-refractivity contribution is -0.635. The van der Waals surface area contributed by atoms with Gasteiger partial charge in [-0.1, -0.05) is 32.7 Å². The van der Waals surface area contributed by atoms with E-state index >= 15 is 0 Å². The fraction of sp³-hybridized carbons (Fsp3) is 0.526. The highest BCUT2D eigenvalue weighted by molar-refractivity contribution is 9.10. The average molecular weight is 423 g/mol. The summed E-state index contributed by atoms with van der Waals surface area (Å²) in [6, 6.07) is 7.68. The average Bonchev–Trinajstić information content (AvgIpc) is 3.12. The molecule has 1 amide bonds. The van der Waals surface area contributed by atoms with Gasteiger partial charge in [0, 0.05) is 17.4 Å². The van der Waals surface area contributed by atoms with Crippen LogP contribution in [0, 0.1) is 0 Å². The summed E-state index contributed by atoms with van der Waals surface area (Å²) >= 11 is 3.42. The first-order valence-electron chi connectivity index (χ1n) is 8.81. The number of ketones is 1. The molecule has 0 aliphatic carbocycles. The van der Waals surface area contributed by atoms with Crippen LogP contribution in [0.5, 0.6) is 0 Å². The third-order valence-corrected chi connectivity index (χ3v) is 5.22. The van der Waals surface area contributed by atoms with E-state index in [1.54, 1.807) is 15.8 Å². The lowest BCUT2D eigenvalue weighted by Gasteiger charge is -2.27. The molecule has 3 rings (SSSR count). The SMILES string of the molecule is CC(C)(C)OC(=O)N1CCC[C@H]1[N+]1=CC(=O)C(C)(c2ccc(Br)cc2)N1. The number of likely N-dealkylation sites (tertiary alicyclic amines) is 1. The van der Waals surface area contributed by atoms with E-state index in [0.717, 1.165) is 22.9 Å². The maximum atomic E-state index is 12.7. The fourth-order valence-corrected chi connectivity index (χ4v) is 3.59. The summed E-state index contributed by atoms with van der Waals surface area (Å²) < 4.78 is 8.24. The number of halogens is 1. The Morgan fingerprint density at radius 1 is 1.35 bits per heavy atom. The zero-order chi connectivity index (χ0) is 19.1. The van der Waals surface area contributed by atoms with Crippen molar-refractivity contribution >= 4 is 34.0 Å². The van der Waals surface area contributed by atoms with Crippen LogP contribution in [0.2, 0.25) is 0 Å². The van der Waals surface area contributed by atoms with E-state index in [9.17, 15) is 9.59 Å².